The predicted molar refractivity (Wildman–Crippen MR) is 80.2 cm³/mol. The maximum Gasteiger partial charge on any atom is 0.303 e. The van der Waals surface area contributed by atoms with Crippen molar-refractivity contribution in [3.8, 4) is 0 Å². The lowest BCUT2D eigenvalue weighted by Crippen LogP contribution is -2.21. The van der Waals surface area contributed by atoms with Crippen LogP contribution in [0.1, 0.15) is 53.4 Å². The molecule has 0 heterocycles. The van der Waals surface area contributed by atoms with E-state index in [1.165, 1.54) is 24.6 Å². The third-order valence-corrected chi connectivity index (χ3v) is 9.07. The quantitative estimate of drug-likeness (QED) is 0.523. The summed E-state index contributed by atoms with van der Waals surface area (Å²) in [5.41, 5.74) is 0. The molecule has 4 nitrogen and oxygen atoms in total. The second kappa shape index (κ2) is 12.4. The summed E-state index contributed by atoms with van der Waals surface area (Å²) in [7, 11) is -0.420. The molecule has 0 aromatic carbocycles. The average Bonchev–Trinajstić information content (AvgIpc) is 2.38. The van der Waals surface area contributed by atoms with Crippen LogP contribution in [0.2, 0.25) is 0 Å². The van der Waals surface area contributed by atoms with Crippen molar-refractivity contribution in [3.05, 3.63) is 0 Å². The molecule has 0 aromatic heterocycles. The topological polar surface area (TPSA) is 77.4 Å². The first-order valence-corrected chi connectivity index (χ1v) is 9.67. The van der Waals surface area contributed by atoms with E-state index in [4.69, 9.17) is 5.11 Å². The van der Waals surface area contributed by atoms with Gasteiger partial charge in [-0.1, -0.05) is 0 Å². The van der Waals surface area contributed by atoms with Crippen LogP contribution in [-0.2, 0) is 9.59 Å². The van der Waals surface area contributed by atoms with Crippen molar-refractivity contribution in [2.45, 2.75) is 53.4 Å². The maximum atomic E-state index is 9.88. The fourth-order valence-electron chi connectivity index (χ4n) is 1.89. The lowest BCUT2D eigenvalue weighted by atomic mass is 10.2. The lowest BCUT2D eigenvalue weighted by molar-refractivity contribution is -0.305. The Hall–Kier alpha value is -0.630. The van der Waals surface area contributed by atoms with E-state index < -0.39 is 19.2 Å². The Bertz CT molecular complexity index is 216. The summed E-state index contributed by atoms with van der Waals surface area (Å²) in [5, 5.41) is 17.9. The second-order valence-electron chi connectivity index (χ2n) is 4.58. The summed E-state index contributed by atoms with van der Waals surface area (Å²) in [6.07, 6.45) is 6.60. The highest BCUT2D eigenvalue weighted by molar-refractivity contribution is 7.75. The van der Waals surface area contributed by atoms with Crippen LogP contribution in [0.5, 0.6) is 0 Å². The number of hydrogen-bond acceptors (Lipinski definition) is 3. The van der Waals surface area contributed by atoms with Crippen LogP contribution in [0.15, 0.2) is 0 Å². The third-order valence-electron chi connectivity index (χ3n) is 3.70. The number of carbonyl (C=O) groups is 2. The molecule has 1 N–H and O–H groups in total. The number of carboxylic acids is 2. The molecule has 5 heteroatoms. The SMILES string of the molecule is CC[P+](CC)(CC)CC.O=C([O-])CCCCC(=O)O. The normalized spacial score (nSPS) is 10.5. The fraction of sp³-hybridized carbons (Fsp3) is 0.857. The highest BCUT2D eigenvalue weighted by Gasteiger charge is 2.27. The molecule has 0 aliphatic carbocycles. The molecule has 0 amide bonds. The van der Waals surface area contributed by atoms with Crippen molar-refractivity contribution in [3.63, 3.8) is 0 Å². The Balaban J connectivity index is 0. The van der Waals surface area contributed by atoms with Crippen molar-refractivity contribution in [1.82, 2.24) is 0 Å². The van der Waals surface area contributed by atoms with E-state index >= 15 is 0 Å². The number of rotatable bonds is 9. The smallest absolute Gasteiger partial charge is 0.303 e. The van der Waals surface area contributed by atoms with Crippen molar-refractivity contribution in [2.24, 2.45) is 0 Å². The molecule has 0 saturated heterocycles. The fourth-order valence-corrected chi connectivity index (χ4v) is 4.57. The minimum Gasteiger partial charge on any atom is -0.550 e. The molecule has 0 bridgehead atoms. The average molecular weight is 292 g/mol. The first-order chi connectivity index (χ1) is 8.87. The van der Waals surface area contributed by atoms with Gasteiger partial charge in [0.2, 0.25) is 0 Å². The molecular weight excluding hydrogens is 263 g/mol. The molecule has 0 rings (SSSR count). The first-order valence-electron chi connectivity index (χ1n) is 7.14. The second-order valence-corrected chi connectivity index (χ2v) is 9.79. The van der Waals surface area contributed by atoms with Gasteiger partial charge in [-0.25, -0.2) is 0 Å². The number of carboxylic acid groups (broad SMARTS) is 2. The van der Waals surface area contributed by atoms with Crippen molar-refractivity contribution in [2.75, 3.05) is 24.6 Å². The Labute approximate surface area is 117 Å². The number of hydrogen-bond donors (Lipinski definition) is 1. The number of unbranched alkanes of at least 4 members (excludes halogenated alkanes) is 1. The summed E-state index contributed by atoms with van der Waals surface area (Å²) in [5.74, 6) is -2.01. The monoisotopic (exact) mass is 292 g/mol. The molecule has 0 atom stereocenters. The van der Waals surface area contributed by atoms with E-state index in [0.717, 1.165) is 0 Å². The van der Waals surface area contributed by atoms with Crippen LogP contribution in [-0.4, -0.2) is 41.7 Å². The summed E-state index contributed by atoms with van der Waals surface area (Å²) < 4.78 is 0. The van der Waals surface area contributed by atoms with Crippen molar-refractivity contribution in [1.29, 1.82) is 0 Å². The molecule has 0 aromatic rings. The predicted octanol–water partition coefficient (Wildman–Crippen LogP) is 2.46. The van der Waals surface area contributed by atoms with Crippen LogP contribution in [0.4, 0.5) is 0 Å². The third kappa shape index (κ3) is 12.2. The molecule has 0 fully saturated rings. The van der Waals surface area contributed by atoms with E-state index in [1.807, 2.05) is 0 Å². The molecule has 114 valence electrons. The lowest BCUT2D eigenvalue weighted by Gasteiger charge is -2.20. The van der Waals surface area contributed by atoms with Crippen LogP contribution in [0.25, 0.3) is 0 Å². The van der Waals surface area contributed by atoms with E-state index in [9.17, 15) is 14.7 Å². The molecule has 0 saturated carbocycles. The zero-order valence-electron chi connectivity index (χ0n) is 12.8. The van der Waals surface area contributed by atoms with Gasteiger partial charge in [-0.05, 0) is 47.0 Å². The summed E-state index contributed by atoms with van der Waals surface area (Å²) >= 11 is 0. The van der Waals surface area contributed by atoms with Crippen LogP contribution >= 0.6 is 7.26 Å². The number of aliphatic carboxylic acids is 2. The van der Waals surface area contributed by atoms with Gasteiger partial charge in [0.1, 0.15) is 0 Å². The van der Waals surface area contributed by atoms with Gasteiger partial charge < -0.3 is 15.0 Å². The zero-order valence-corrected chi connectivity index (χ0v) is 13.7. The Kier molecular flexibility index (Phi) is 13.5. The summed E-state index contributed by atoms with van der Waals surface area (Å²) in [6, 6.07) is 0. The summed E-state index contributed by atoms with van der Waals surface area (Å²) in [6.45, 7) is 9.41. The van der Waals surface area contributed by atoms with E-state index in [1.54, 1.807) is 0 Å². The van der Waals surface area contributed by atoms with Crippen molar-refractivity contribution >= 4 is 19.2 Å². The van der Waals surface area contributed by atoms with Gasteiger partial charge in [-0.15, -0.1) is 0 Å². The molecule has 0 radical (unpaired) electrons. The molecule has 19 heavy (non-hydrogen) atoms. The van der Waals surface area contributed by atoms with E-state index in [-0.39, 0.29) is 12.8 Å². The van der Waals surface area contributed by atoms with E-state index in [0.29, 0.717) is 12.8 Å². The summed E-state index contributed by atoms with van der Waals surface area (Å²) in [4.78, 5) is 19.7. The van der Waals surface area contributed by atoms with Crippen LogP contribution < -0.4 is 5.11 Å². The molecule has 0 aliphatic heterocycles. The van der Waals surface area contributed by atoms with Gasteiger partial charge in [0.05, 0.1) is 24.6 Å². The van der Waals surface area contributed by atoms with Gasteiger partial charge in [0.15, 0.2) is 0 Å². The Morgan fingerprint density at radius 1 is 0.895 bits per heavy atom. The van der Waals surface area contributed by atoms with Gasteiger partial charge >= 0.3 is 5.97 Å². The molecule has 0 aliphatic rings. The minimum atomic E-state index is -1.12. The minimum absolute atomic E-state index is 0.0350. The van der Waals surface area contributed by atoms with Crippen LogP contribution in [0.3, 0.4) is 0 Å². The molecule has 0 unspecified atom stereocenters. The largest absolute Gasteiger partial charge is 0.550 e. The van der Waals surface area contributed by atoms with Gasteiger partial charge in [0, 0.05) is 19.7 Å². The van der Waals surface area contributed by atoms with Crippen LogP contribution in [0, 0.1) is 0 Å². The van der Waals surface area contributed by atoms with Gasteiger partial charge in [-0.2, -0.15) is 0 Å². The zero-order chi connectivity index (χ0) is 15.3. The highest BCUT2D eigenvalue weighted by Crippen LogP contribution is 2.57. The Morgan fingerprint density at radius 2 is 1.26 bits per heavy atom. The first kappa shape index (κ1) is 20.7. The highest BCUT2D eigenvalue weighted by atomic mass is 31.2. The molecule has 0 spiro atoms. The van der Waals surface area contributed by atoms with E-state index in [2.05, 4.69) is 27.7 Å². The van der Waals surface area contributed by atoms with Gasteiger partial charge in [-0.3, -0.25) is 4.79 Å². The standard InChI is InChI=1S/C8H20P.C6H10O4/c1-5-9(6-2,7-3)8-4;7-5(8)3-1-2-4-6(9)10/h5-8H2,1-4H3;1-4H2,(H,7,8)(H,9,10)/q+1;/p-1. The van der Waals surface area contributed by atoms with Crippen molar-refractivity contribution < 1.29 is 19.8 Å². The molecular formula is C14H29O4P. The number of carbonyl (C=O) groups excluding carboxylic acids is 1. The van der Waals surface area contributed by atoms with Gasteiger partial charge in [0.25, 0.3) is 0 Å². The maximum absolute atomic E-state index is 9.88. The Morgan fingerprint density at radius 3 is 1.47 bits per heavy atom.